The fourth-order valence-corrected chi connectivity index (χ4v) is 1.80. The molecular formula is C10H15N3O2. The van der Waals surface area contributed by atoms with Crippen LogP contribution in [0.4, 0.5) is 0 Å². The Bertz CT molecular complexity index is 380. The summed E-state index contributed by atoms with van der Waals surface area (Å²) in [5.41, 5.74) is 2.33. The van der Waals surface area contributed by atoms with Gasteiger partial charge < -0.3 is 5.11 Å². The lowest BCUT2D eigenvalue weighted by Crippen LogP contribution is -2.49. The molecule has 0 atom stereocenters. The Labute approximate surface area is 88.3 Å². The summed E-state index contributed by atoms with van der Waals surface area (Å²) in [5, 5.41) is 12.9. The van der Waals surface area contributed by atoms with E-state index < -0.39 is 5.97 Å². The monoisotopic (exact) mass is 209 g/mol. The van der Waals surface area contributed by atoms with Crippen LogP contribution in [-0.4, -0.2) is 38.8 Å². The lowest BCUT2D eigenvalue weighted by atomic mass is 10.00. The van der Waals surface area contributed by atoms with Crippen molar-refractivity contribution in [1.29, 1.82) is 0 Å². The normalized spacial score (nSPS) is 17.7. The molecule has 1 N–H and O–H groups in total. The summed E-state index contributed by atoms with van der Waals surface area (Å²) in [4.78, 5) is 12.7. The van der Waals surface area contributed by atoms with E-state index in [4.69, 9.17) is 5.11 Å². The maximum atomic E-state index is 10.6. The highest BCUT2D eigenvalue weighted by atomic mass is 16.4. The van der Waals surface area contributed by atoms with E-state index >= 15 is 0 Å². The SMILES string of the molecule is Cc1c(CN2CC(C(=O)O)C2)cnn1C. The van der Waals surface area contributed by atoms with Gasteiger partial charge in [0.15, 0.2) is 0 Å². The Balaban J connectivity index is 1.90. The summed E-state index contributed by atoms with van der Waals surface area (Å²) in [7, 11) is 1.91. The Morgan fingerprint density at radius 2 is 2.33 bits per heavy atom. The van der Waals surface area contributed by atoms with Crippen molar-refractivity contribution in [1.82, 2.24) is 14.7 Å². The zero-order chi connectivity index (χ0) is 11.0. The third-order valence-corrected chi connectivity index (χ3v) is 3.04. The van der Waals surface area contributed by atoms with Crippen molar-refractivity contribution < 1.29 is 9.90 Å². The fourth-order valence-electron chi connectivity index (χ4n) is 1.80. The molecule has 5 nitrogen and oxygen atoms in total. The highest BCUT2D eigenvalue weighted by molar-refractivity contribution is 5.71. The summed E-state index contributed by atoms with van der Waals surface area (Å²) in [5.74, 6) is -0.865. The van der Waals surface area contributed by atoms with Crippen LogP contribution in [0.3, 0.4) is 0 Å². The predicted molar refractivity (Wildman–Crippen MR) is 54.3 cm³/mol. The molecule has 82 valence electrons. The number of carboxylic acids is 1. The van der Waals surface area contributed by atoms with E-state index in [1.54, 1.807) is 0 Å². The first-order valence-corrected chi connectivity index (χ1v) is 5.00. The first-order chi connectivity index (χ1) is 7.08. The number of nitrogens with zero attached hydrogens (tertiary/aromatic N) is 3. The van der Waals surface area contributed by atoms with Gasteiger partial charge in [0.2, 0.25) is 0 Å². The summed E-state index contributed by atoms with van der Waals surface area (Å²) in [6, 6.07) is 0. The molecule has 1 aromatic heterocycles. The number of aromatic nitrogens is 2. The van der Waals surface area contributed by atoms with E-state index in [-0.39, 0.29) is 5.92 Å². The second-order valence-corrected chi connectivity index (χ2v) is 4.11. The average Bonchev–Trinajstić information content (AvgIpc) is 2.40. The number of carboxylic acid groups (broad SMARTS) is 1. The summed E-state index contributed by atoms with van der Waals surface area (Å²) >= 11 is 0. The number of aryl methyl sites for hydroxylation is 1. The molecule has 2 rings (SSSR count). The molecule has 1 saturated heterocycles. The van der Waals surface area contributed by atoms with Crippen LogP contribution in [0.15, 0.2) is 6.20 Å². The molecule has 0 amide bonds. The molecule has 0 spiro atoms. The topological polar surface area (TPSA) is 58.4 Å². The second-order valence-electron chi connectivity index (χ2n) is 4.11. The largest absolute Gasteiger partial charge is 0.481 e. The Hall–Kier alpha value is -1.36. The first-order valence-electron chi connectivity index (χ1n) is 5.00. The Morgan fingerprint density at radius 1 is 1.67 bits per heavy atom. The van der Waals surface area contributed by atoms with Crippen molar-refractivity contribution in [3.05, 3.63) is 17.5 Å². The van der Waals surface area contributed by atoms with Crippen LogP contribution in [0.2, 0.25) is 0 Å². The van der Waals surface area contributed by atoms with E-state index in [2.05, 4.69) is 10.00 Å². The summed E-state index contributed by atoms with van der Waals surface area (Å²) in [6.45, 7) is 4.15. The van der Waals surface area contributed by atoms with Gasteiger partial charge in [-0.1, -0.05) is 0 Å². The van der Waals surface area contributed by atoms with Gasteiger partial charge in [-0.3, -0.25) is 14.4 Å². The molecule has 1 aromatic rings. The van der Waals surface area contributed by atoms with E-state index in [9.17, 15) is 4.79 Å². The molecule has 1 fully saturated rings. The molecule has 0 aliphatic carbocycles. The Morgan fingerprint density at radius 3 is 2.80 bits per heavy atom. The predicted octanol–water partition coefficient (Wildman–Crippen LogP) is 0.245. The van der Waals surface area contributed by atoms with Crippen LogP contribution in [0.25, 0.3) is 0 Å². The fraction of sp³-hybridized carbons (Fsp3) is 0.600. The Kier molecular flexibility index (Phi) is 2.48. The standard InChI is InChI=1S/C10H15N3O2/c1-7-8(3-11-12(7)2)4-13-5-9(6-13)10(14)15/h3,9H,4-6H2,1-2H3,(H,14,15). The molecule has 0 bridgehead atoms. The van der Waals surface area contributed by atoms with Crippen LogP contribution < -0.4 is 0 Å². The molecule has 1 aliphatic rings. The van der Waals surface area contributed by atoms with Crippen molar-refractivity contribution in [2.75, 3.05) is 13.1 Å². The van der Waals surface area contributed by atoms with Crippen molar-refractivity contribution in [2.24, 2.45) is 13.0 Å². The highest BCUT2D eigenvalue weighted by Gasteiger charge is 2.32. The maximum absolute atomic E-state index is 10.6. The molecule has 5 heteroatoms. The number of hydrogen-bond acceptors (Lipinski definition) is 3. The van der Waals surface area contributed by atoms with Crippen LogP contribution in [0.1, 0.15) is 11.3 Å². The van der Waals surface area contributed by atoms with E-state index in [0.29, 0.717) is 13.1 Å². The van der Waals surface area contributed by atoms with Crippen LogP contribution in [0, 0.1) is 12.8 Å². The van der Waals surface area contributed by atoms with Gasteiger partial charge in [0.05, 0.1) is 12.1 Å². The summed E-state index contributed by atoms with van der Waals surface area (Å²) < 4.78 is 1.84. The number of likely N-dealkylation sites (tertiary alicyclic amines) is 1. The molecular weight excluding hydrogens is 194 g/mol. The average molecular weight is 209 g/mol. The third-order valence-electron chi connectivity index (χ3n) is 3.04. The lowest BCUT2D eigenvalue weighted by molar-refractivity contribution is -0.147. The molecule has 15 heavy (non-hydrogen) atoms. The van der Waals surface area contributed by atoms with Gasteiger partial charge in [0.1, 0.15) is 0 Å². The molecule has 2 heterocycles. The van der Waals surface area contributed by atoms with Gasteiger partial charge >= 0.3 is 5.97 Å². The molecule has 0 unspecified atom stereocenters. The quantitative estimate of drug-likeness (QED) is 0.775. The molecule has 0 aromatic carbocycles. The van der Waals surface area contributed by atoms with E-state index in [1.165, 1.54) is 5.56 Å². The van der Waals surface area contributed by atoms with Crippen molar-refractivity contribution in [3.63, 3.8) is 0 Å². The van der Waals surface area contributed by atoms with Crippen LogP contribution in [-0.2, 0) is 18.4 Å². The van der Waals surface area contributed by atoms with Gasteiger partial charge in [-0.15, -0.1) is 0 Å². The molecule has 0 radical (unpaired) electrons. The molecule has 1 aliphatic heterocycles. The lowest BCUT2D eigenvalue weighted by Gasteiger charge is -2.36. The smallest absolute Gasteiger partial charge is 0.309 e. The molecule has 0 saturated carbocycles. The minimum absolute atomic E-state index is 0.179. The van der Waals surface area contributed by atoms with Gasteiger partial charge in [-0.25, -0.2) is 0 Å². The second kappa shape index (κ2) is 3.66. The zero-order valence-corrected chi connectivity index (χ0v) is 8.97. The van der Waals surface area contributed by atoms with E-state index in [0.717, 1.165) is 12.2 Å². The maximum Gasteiger partial charge on any atom is 0.309 e. The number of carbonyl (C=O) groups is 1. The van der Waals surface area contributed by atoms with Crippen molar-refractivity contribution >= 4 is 5.97 Å². The van der Waals surface area contributed by atoms with E-state index in [1.807, 2.05) is 24.9 Å². The third kappa shape index (κ3) is 1.87. The minimum Gasteiger partial charge on any atom is -0.481 e. The minimum atomic E-state index is -0.686. The van der Waals surface area contributed by atoms with Crippen molar-refractivity contribution in [2.45, 2.75) is 13.5 Å². The van der Waals surface area contributed by atoms with Crippen LogP contribution >= 0.6 is 0 Å². The first kappa shape index (κ1) is 10.2. The number of hydrogen-bond donors (Lipinski definition) is 1. The van der Waals surface area contributed by atoms with Crippen LogP contribution in [0.5, 0.6) is 0 Å². The highest BCUT2D eigenvalue weighted by Crippen LogP contribution is 2.19. The van der Waals surface area contributed by atoms with Gasteiger partial charge in [-0.05, 0) is 6.92 Å². The number of aliphatic carboxylic acids is 1. The van der Waals surface area contributed by atoms with Crippen molar-refractivity contribution in [3.8, 4) is 0 Å². The van der Waals surface area contributed by atoms with Gasteiger partial charge in [0.25, 0.3) is 0 Å². The summed E-state index contributed by atoms with van der Waals surface area (Å²) in [6.07, 6.45) is 1.85. The number of rotatable bonds is 3. The van der Waals surface area contributed by atoms with Gasteiger partial charge in [-0.2, -0.15) is 5.10 Å². The zero-order valence-electron chi connectivity index (χ0n) is 8.97. The van der Waals surface area contributed by atoms with Gasteiger partial charge in [0, 0.05) is 37.9 Å².